The first-order valence-corrected chi connectivity index (χ1v) is 4.42. The Balaban J connectivity index is 2.90. The summed E-state index contributed by atoms with van der Waals surface area (Å²) >= 11 is 5.63. The molecule has 0 radical (unpaired) electrons. The molecular formula is C10H9ClO3. The van der Waals surface area contributed by atoms with Gasteiger partial charge in [-0.25, -0.2) is 0 Å². The smallest absolute Gasteiger partial charge is 0.314 e. The van der Waals surface area contributed by atoms with Gasteiger partial charge >= 0.3 is 5.97 Å². The van der Waals surface area contributed by atoms with Gasteiger partial charge in [0.05, 0.1) is 0 Å². The number of ketones is 1. The van der Waals surface area contributed by atoms with Gasteiger partial charge in [0.15, 0.2) is 5.78 Å². The molecule has 0 aromatic heterocycles. The Labute approximate surface area is 86.3 Å². The van der Waals surface area contributed by atoms with E-state index in [2.05, 4.69) is 0 Å². The second kappa shape index (κ2) is 4.24. The molecule has 4 heteroatoms. The molecule has 0 spiro atoms. The van der Waals surface area contributed by atoms with Crippen LogP contribution in [0.4, 0.5) is 0 Å². The first kappa shape index (κ1) is 10.7. The highest BCUT2D eigenvalue weighted by Gasteiger charge is 2.21. The Morgan fingerprint density at radius 1 is 1.29 bits per heavy atom. The number of benzene rings is 1. The van der Waals surface area contributed by atoms with Crippen molar-refractivity contribution in [1.29, 1.82) is 0 Å². The van der Waals surface area contributed by atoms with E-state index >= 15 is 0 Å². The highest BCUT2D eigenvalue weighted by Crippen LogP contribution is 2.13. The van der Waals surface area contributed by atoms with Crippen LogP contribution in [0, 0.1) is 5.92 Å². The summed E-state index contributed by atoms with van der Waals surface area (Å²) in [4.78, 5) is 22.0. The minimum atomic E-state index is -1.12. The van der Waals surface area contributed by atoms with Gasteiger partial charge < -0.3 is 5.11 Å². The van der Waals surface area contributed by atoms with Crippen LogP contribution in [0.1, 0.15) is 17.3 Å². The molecule has 0 saturated carbocycles. The summed E-state index contributed by atoms with van der Waals surface area (Å²) < 4.78 is 0. The summed E-state index contributed by atoms with van der Waals surface area (Å²) in [6.45, 7) is 1.36. The van der Waals surface area contributed by atoms with Gasteiger partial charge in [0.2, 0.25) is 0 Å². The number of halogens is 1. The molecule has 1 rings (SSSR count). The maximum Gasteiger partial charge on any atom is 0.314 e. The Morgan fingerprint density at radius 2 is 1.79 bits per heavy atom. The van der Waals surface area contributed by atoms with Crippen molar-refractivity contribution in [3.05, 3.63) is 34.9 Å². The van der Waals surface area contributed by atoms with E-state index in [-0.39, 0.29) is 0 Å². The van der Waals surface area contributed by atoms with Crippen molar-refractivity contribution in [2.24, 2.45) is 5.92 Å². The molecule has 0 aliphatic carbocycles. The lowest BCUT2D eigenvalue weighted by Crippen LogP contribution is -2.20. The van der Waals surface area contributed by atoms with Crippen LogP contribution in [0.25, 0.3) is 0 Å². The summed E-state index contributed by atoms with van der Waals surface area (Å²) in [5.74, 6) is -2.55. The van der Waals surface area contributed by atoms with Crippen LogP contribution in [0.15, 0.2) is 24.3 Å². The van der Waals surface area contributed by atoms with E-state index in [1.807, 2.05) is 0 Å². The third-order valence-corrected chi connectivity index (χ3v) is 2.14. The van der Waals surface area contributed by atoms with Crippen LogP contribution < -0.4 is 0 Å². The molecule has 3 nitrogen and oxygen atoms in total. The van der Waals surface area contributed by atoms with Crippen molar-refractivity contribution < 1.29 is 14.7 Å². The maximum absolute atomic E-state index is 11.5. The normalized spacial score (nSPS) is 12.1. The van der Waals surface area contributed by atoms with Crippen LogP contribution >= 0.6 is 11.6 Å². The van der Waals surface area contributed by atoms with E-state index in [1.165, 1.54) is 19.1 Å². The number of hydrogen-bond donors (Lipinski definition) is 1. The van der Waals surface area contributed by atoms with Crippen molar-refractivity contribution in [3.8, 4) is 0 Å². The molecule has 0 fully saturated rings. The first-order chi connectivity index (χ1) is 6.52. The summed E-state index contributed by atoms with van der Waals surface area (Å²) in [5, 5.41) is 9.14. The maximum atomic E-state index is 11.5. The molecule has 0 bridgehead atoms. The van der Waals surface area contributed by atoms with Crippen LogP contribution in [0.2, 0.25) is 5.02 Å². The van der Waals surface area contributed by atoms with Crippen molar-refractivity contribution >= 4 is 23.4 Å². The summed E-state index contributed by atoms with van der Waals surface area (Å²) in [5.41, 5.74) is 0.365. The third-order valence-electron chi connectivity index (χ3n) is 1.89. The first-order valence-electron chi connectivity index (χ1n) is 4.05. The highest BCUT2D eigenvalue weighted by atomic mass is 35.5. The summed E-state index contributed by atoms with van der Waals surface area (Å²) in [6, 6.07) is 6.15. The number of rotatable bonds is 3. The van der Waals surface area contributed by atoms with Crippen LogP contribution in [0.3, 0.4) is 0 Å². The zero-order valence-electron chi connectivity index (χ0n) is 7.53. The Morgan fingerprint density at radius 3 is 2.21 bits per heavy atom. The summed E-state index contributed by atoms with van der Waals surface area (Å²) in [6.07, 6.45) is 0. The second-order valence-electron chi connectivity index (χ2n) is 2.93. The van der Waals surface area contributed by atoms with Crippen molar-refractivity contribution in [3.63, 3.8) is 0 Å². The molecule has 0 saturated heterocycles. The standard InChI is InChI=1S/C10H9ClO3/c1-6(10(13)14)9(12)7-2-4-8(11)5-3-7/h2-6H,1H3,(H,13,14)/t6-/m1/s1. The predicted octanol–water partition coefficient (Wildman–Crippen LogP) is 2.24. The monoisotopic (exact) mass is 212 g/mol. The lowest BCUT2D eigenvalue weighted by atomic mass is 10.00. The van der Waals surface area contributed by atoms with Crippen LogP contribution in [-0.4, -0.2) is 16.9 Å². The van der Waals surface area contributed by atoms with E-state index < -0.39 is 17.7 Å². The summed E-state index contributed by atoms with van der Waals surface area (Å²) in [7, 11) is 0. The van der Waals surface area contributed by atoms with Crippen LogP contribution in [0.5, 0.6) is 0 Å². The van der Waals surface area contributed by atoms with Gasteiger partial charge in [-0.1, -0.05) is 11.6 Å². The van der Waals surface area contributed by atoms with E-state index in [9.17, 15) is 9.59 Å². The lowest BCUT2D eigenvalue weighted by Gasteiger charge is -2.04. The molecule has 0 amide bonds. The van der Waals surface area contributed by atoms with Gasteiger partial charge in [0.25, 0.3) is 0 Å². The number of hydrogen-bond acceptors (Lipinski definition) is 2. The fraction of sp³-hybridized carbons (Fsp3) is 0.200. The molecule has 14 heavy (non-hydrogen) atoms. The quantitative estimate of drug-likeness (QED) is 0.618. The number of carbonyl (C=O) groups is 2. The molecule has 0 aliphatic rings. The molecule has 1 aromatic rings. The van der Waals surface area contributed by atoms with Crippen molar-refractivity contribution in [2.75, 3.05) is 0 Å². The van der Waals surface area contributed by atoms with E-state index in [4.69, 9.17) is 16.7 Å². The average Bonchev–Trinajstić information content (AvgIpc) is 2.16. The predicted molar refractivity (Wildman–Crippen MR) is 52.6 cm³/mol. The SMILES string of the molecule is C[C@@H](C(=O)O)C(=O)c1ccc(Cl)cc1. The number of carboxylic acids is 1. The van der Waals surface area contributed by atoms with E-state index in [1.54, 1.807) is 12.1 Å². The molecular weight excluding hydrogens is 204 g/mol. The van der Waals surface area contributed by atoms with Gasteiger partial charge in [0, 0.05) is 10.6 Å². The van der Waals surface area contributed by atoms with Gasteiger partial charge in [0.1, 0.15) is 5.92 Å². The number of aliphatic carboxylic acids is 1. The van der Waals surface area contributed by atoms with Gasteiger partial charge in [-0.3, -0.25) is 9.59 Å². The Bertz CT molecular complexity index is 356. The number of Topliss-reactive ketones (excluding diaryl/α,β-unsaturated/α-hetero) is 1. The fourth-order valence-electron chi connectivity index (χ4n) is 0.976. The molecule has 0 heterocycles. The second-order valence-corrected chi connectivity index (χ2v) is 3.37. The molecule has 1 atom stereocenters. The minimum Gasteiger partial charge on any atom is -0.481 e. The fourth-order valence-corrected chi connectivity index (χ4v) is 1.10. The molecule has 0 unspecified atom stereocenters. The molecule has 74 valence electrons. The van der Waals surface area contributed by atoms with Crippen molar-refractivity contribution in [1.82, 2.24) is 0 Å². The average molecular weight is 213 g/mol. The molecule has 1 N–H and O–H groups in total. The van der Waals surface area contributed by atoms with Gasteiger partial charge in [-0.05, 0) is 31.2 Å². The molecule has 0 aliphatic heterocycles. The van der Waals surface area contributed by atoms with Gasteiger partial charge in [-0.2, -0.15) is 0 Å². The minimum absolute atomic E-state index is 0.365. The van der Waals surface area contributed by atoms with E-state index in [0.29, 0.717) is 10.6 Å². The highest BCUT2D eigenvalue weighted by molar-refractivity contribution is 6.30. The topological polar surface area (TPSA) is 54.4 Å². The number of carbonyl (C=O) groups excluding carboxylic acids is 1. The Hall–Kier alpha value is -1.35. The third kappa shape index (κ3) is 2.33. The van der Waals surface area contributed by atoms with E-state index in [0.717, 1.165) is 0 Å². The van der Waals surface area contributed by atoms with Gasteiger partial charge in [-0.15, -0.1) is 0 Å². The van der Waals surface area contributed by atoms with Crippen LogP contribution in [-0.2, 0) is 4.79 Å². The zero-order valence-corrected chi connectivity index (χ0v) is 8.28. The lowest BCUT2D eigenvalue weighted by molar-refractivity contribution is -0.139. The Kier molecular flexibility index (Phi) is 3.25. The molecule has 1 aromatic carbocycles. The van der Waals surface area contributed by atoms with Crippen molar-refractivity contribution in [2.45, 2.75) is 6.92 Å². The zero-order chi connectivity index (χ0) is 10.7. The number of carboxylic acid groups (broad SMARTS) is 1. The largest absolute Gasteiger partial charge is 0.481 e.